The molecule has 8 heteroatoms. The Balaban J connectivity index is 2.32. The Kier molecular flexibility index (Phi) is 3.18. The van der Waals surface area contributed by atoms with E-state index in [9.17, 15) is 14.9 Å². The number of aryl methyl sites for hydroxylation is 2. The van der Waals surface area contributed by atoms with Gasteiger partial charge >= 0.3 is 5.97 Å². The number of nitrogens with zero attached hydrogens (tertiary/aromatic N) is 3. The second kappa shape index (κ2) is 4.92. The SMILES string of the molecule is Cc1c(-c2ncc(C(=O)O)s2)cc([N+](=O)[O-])c2c1ccn2C. The summed E-state index contributed by atoms with van der Waals surface area (Å²) < 4.78 is 1.70. The Morgan fingerprint density at radius 3 is 2.82 bits per heavy atom. The minimum Gasteiger partial charge on any atom is -0.477 e. The standard InChI is InChI=1S/C14H11N3O4S/c1-7-8-3-4-16(2)12(8)10(17(20)21)5-9(7)13-15-6-11(22-13)14(18)19/h3-6H,1-2H3,(H,18,19). The van der Waals surface area contributed by atoms with Crippen LogP contribution in [0.4, 0.5) is 5.69 Å². The third-order valence-corrected chi connectivity index (χ3v) is 4.57. The van der Waals surface area contributed by atoms with Gasteiger partial charge in [-0.2, -0.15) is 0 Å². The molecule has 2 heterocycles. The van der Waals surface area contributed by atoms with Gasteiger partial charge in [-0.25, -0.2) is 9.78 Å². The number of hydrogen-bond acceptors (Lipinski definition) is 5. The smallest absolute Gasteiger partial charge is 0.347 e. The topological polar surface area (TPSA) is 98.3 Å². The van der Waals surface area contributed by atoms with E-state index in [1.165, 1.54) is 12.3 Å². The lowest BCUT2D eigenvalue weighted by Gasteiger charge is -2.06. The van der Waals surface area contributed by atoms with Gasteiger partial charge in [0.1, 0.15) is 15.4 Å². The van der Waals surface area contributed by atoms with E-state index in [0.29, 0.717) is 16.1 Å². The summed E-state index contributed by atoms with van der Waals surface area (Å²) >= 11 is 1.00. The molecule has 0 aliphatic rings. The van der Waals surface area contributed by atoms with Crippen molar-refractivity contribution in [2.75, 3.05) is 0 Å². The van der Waals surface area contributed by atoms with Crippen LogP contribution in [0, 0.1) is 17.0 Å². The molecule has 1 N–H and O–H groups in total. The number of hydrogen-bond donors (Lipinski definition) is 1. The number of carboxylic acid groups (broad SMARTS) is 1. The van der Waals surface area contributed by atoms with Crippen LogP contribution >= 0.6 is 11.3 Å². The molecule has 0 aliphatic carbocycles. The molecule has 0 amide bonds. The third-order valence-electron chi connectivity index (χ3n) is 3.55. The van der Waals surface area contributed by atoms with Gasteiger partial charge in [-0.1, -0.05) is 0 Å². The normalized spacial score (nSPS) is 11.0. The summed E-state index contributed by atoms with van der Waals surface area (Å²) in [4.78, 5) is 26.1. The van der Waals surface area contributed by atoms with E-state index in [4.69, 9.17) is 5.11 Å². The molecule has 0 bridgehead atoms. The number of aromatic nitrogens is 2. The van der Waals surface area contributed by atoms with E-state index < -0.39 is 10.9 Å². The first-order chi connectivity index (χ1) is 10.4. The minimum atomic E-state index is -1.06. The van der Waals surface area contributed by atoms with Gasteiger partial charge < -0.3 is 9.67 Å². The first-order valence-electron chi connectivity index (χ1n) is 6.32. The highest BCUT2D eigenvalue weighted by Gasteiger charge is 2.22. The molecule has 112 valence electrons. The van der Waals surface area contributed by atoms with Crippen molar-refractivity contribution in [2.24, 2.45) is 7.05 Å². The fourth-order valence-electron chi connectivity index (χ4n) is 2.47. The maximum Gasteiger partial charge on any atom is 0.347 e. The van der Waals surface area contributed by atoms with Crippen molar-refractivity contribution in [2.45, 2.75) is 6.92 Å². The highest BCUT2D eigenvalue weighted by Crippen LogP contribution is 2.37. The molecule has 2 aromatic heterocycles. The van der Waals surface area contributed by atoms with Crippen LogP contribution in [-0.2, 0) is 7.05 Å². The Morgan fingerprint density at radius 2 is 2.23 bits per heavy atom. The quantitative estimate of drug-likeness (QED) is 0.590. The first kappa shape index (κ1) is 14.2. The summed E-state index contributed by atoms with van der Waals surface area (Å²) in [5.41, 5.74) is 1.95. The molecule has 0 saturated carbocycles. The zero-order valence-corrected chi connectivity index (χ0v) is 12.5. The van der Waals surface area contributed by atoms with Crippen LogP contribution in [-0.4, -0.2) is 25.6 Å². The molecule has 1 aromatic carbocycles. The number of fused-ring (bicyclic) bond motifs is 1. The number of benzene rings is 1. The summed E-state index contributed by atoms with van der Waals surface area (Å²) in [6, 6.07) is 3.27. The van der Waals surface area contributed by atoms with Crippen molar-refractivity contribution in [1.29, 1.82) is 0 Å². The minimum absolute atomic E-state index is 0.0184. The van der Waals surface area contributed by atoms with Gasteiger partial charge in [0.25, 0.3) is 5.69 Å². The van der Waals surface area contributed by atoms with Crippen molar-refractivity contribution in [1.82, 2.24) is 9.55 Å². The van der Waals surface area contributed by atoms with Crippen molar-refractivity contribution in [3.63, 3.8) is 0 Å². The molecular weight excluding hydrogens is 306 g/mol. The molecule has 0 fully saturated rings. The summed E-state index contributed by atoms with van der Waals surface area (Å²) in [5.74, 6) is -1.06. The highest BCUT2D eigenvalue weighted by molar-refractivity contribution is 7.16. The summed E-state index contributed by atoms with van der Waals surface area (Å²) in [7, 11) is 1.75. The van der Waals surface area contributed by atoms with E-state index in [1.807, 2.05) is 13.0 Å². The molecule has 0 saturated heterocycles. The molecular formula is C14H11N3O4S. The molecule has 0 atom stereocenters. The van der Waals surface area contributed by atoms with Crippen LogP contribution in [0.15, 0.2) is 24.5 Å². The number of nitro benzene ring substituents is 1. The largest absolute Gasteiger partial charge is 0.477 e. The number of nitro groups is 1. The fraction of sp³-hybridized carbons (Fsp3) is 0.143. The summed E-state index contributed by atoms with van der Waals surface area (Å²) in [6.45, 7) is 1.85. The monoisotopic (exact) mass is 317 g/mol. The molecule has 22 heavy (non-hydrogen) atoms. The van der Waals surface area contributed by atoms with Crippen LogP contribution in [0.1, 0.15) is 15.2 Å². The Morgan fingerprint density at radius 1 is 1.50 bits per heavy atom. The van der Waals surface area contributed by atoms with E-state index in [1.54, 1.807) is 17.8 Å². The van der Waals surface area contributed by atoms with E-state index >= 15 is 0 Å². The van der Waals surface area contributed by atoms with E-state index in [2.05, 4.69) is 4.98 Å². The molecule has 0 radical (unpaired) electrons. The van der Waals surface area contributed by atoms with Crippen LogP contribution < -0.4 is 0 Å². The number of rotatable bonds is 3. The predicted octanol–water partition coefficient (Wildman–Crippen LogP) is 3.22. The van der Waals surface area contributed by atoms with Gasteiger partial charge in [-0.3, -0.25) is 10.1 Å². The van der Waals surface area contributed by atoms with Crippen molar-refractivity contribution in [3.05, 3.63) is 45.1 Å². The van der Waals surface area contributed by atoms with Gasteiger partial charge in [-0.15, -0.1) is 11.3 Å². The predicted molar refractivity (Wildman–Crippen MR) is 82.4 cm³/mol. The average Bonchev–Trinajstić information content (AvgIpc) is 3.07. The second-order valence-corrected chi connectivity index (χ2v) is 5.88. The molecule has 3 rings (SSSR count). The zero-order valence-electron chi connectivity index (χ0n) is 11.7. The lowest BCUT2D eigenvalue weighted by molar-refractivity contribution is -0.383. The van der Waals surface area contributed by atoms with Gasteiger partial charge in [0.15, 0.2) is 0 Å². The number of non-ortho nitro benzene ring substituents is 1. The van der Waals surface area contributed by atoms with Crippen LogP contribution in [0.3, 0.4) is 0 Å². The number of thiazole rings is 1. The van der Waals surface area contributed by atoms with Crippen LogP contribution in [0.5, 0.6) is 0 Å². The first-order valence-corrected chi connectivity index (χ1v) is 7.14. The molecule has 3 aromatic rings. The maximum atomic E-state index is 11.4. The highest BCUT2D eigenvalue weighted by atomic mass is 32.1. The van der Waals surface area contributed by atoms with E-state index in [-0.39, 0.29) is 10.6 Å². The Bertz CT molecular complexity index is 926. The van der Waals surface area contributed by atoms with Crippen molar-refractivity contribution in [3.8, 4) is 10.6 Å². The van der Waals surface area contributed by atoms with Crippen LogP contribution in [0.2, 0.25) is 0 Å². The summed E-state index contributed by atoms with van der Waals surface area (Å²) in [6.07, 6.45) is 3.03. The van der Waals surface area contributed by atoms with E-state index in [0.717, 1.165) is 22.3 Å². The fourth-order valence-corrected chi connectivity index (χ4v) is 3.30. The Labute approximate surface area is 128 Å². The van der Waals surface area contributed by atoms with Crippen LogP contribution in [0.25, 0.3) is 21.5 Å². The molecule has 7 nitrogen and oxygen atoms in total. The molecule has 0 aliphatic heterocycles. The number of carboxylic acids is 1. The Hall–Kier alpha value is -2.74. The zero-order chi connectivity index (χ0) is 16.0. The lowest BCUT2D eigenvalue weighted by Crippen LogP contribution is -1.96. The number of carbonyl (C=O) groups is 1. The van der Waals surface area contributed by atoms with Gasteiger partial charge in [0, 0.05) is 30.3 Å². The van der Waals surface area contributed by atoms with Gasteiger partial charge in [0.2, 0.25) is 0 Å². The van der Waals surface area contributed by atoms with Gasteiger partial charge in [0.05, 0.1) is 11.1 Å². The lowest BCUT2D eigenvalue weighted by atomic mass is 10.0. The number of aromatic carboxylic acids is 1. The van der Waals surface area contributed by atoms with Crippen molar-refractivity contribution >= 4 is 33.9 Å². The molecule has 0 unspecified atom stereocenters. The third kappa shape index (κ3) is 2.04. The maximum absolute atomic E-state index is 11.4. The second-order valence-electron chi connectivity index (χ2n) is 4.85. The average molecular weight is 317 g/mol. The summed E-state index contributed by atoms with van der Waals surface area (Å²) in [5, 5.41) is 21.6. The molecule has 0 spiro atoms. The van der Waals surface area contributed by atoms with Crippen molar-refractivity contribution < 1.29 is 14.8 Å². The van der Waals surface area contributed by atoms with Gasteiger partial charge in [-0.05, 0) is 18.6 Å².